The molecule has 0 aromatic carbocycles. The van der Waals surface area contributed by atoms with Crippen LogP contribution in [0.15, 0.2) is 0 Å². The van der Waals surface area contributed by atoms with Crippen LogP contribution in [0.1, 0.15) is 46.5 Å². The van der Waals surface area contributed by atoms with Crippen molar-refractivity contribution >= 4 is 5.91 Å². The zero-order valence-electron chi connectivity index (χ0n) is 13.0. The van der Waals surface area contributed by atoms with Gasteiger partial charge in [0.1, 0.15) is 0 Å². The van der Waals surface area contributed by atoms with Crippen LogP contribution in [0.2, 0.25) is 0 Å². The number of amides is 1. The molecule has 1 aliphatic rings. The molecule has 1 amide bonds. The zero-order chi connectivity index (χ0) is 14.3. The second-order valence-corrected chi connectivity index (χ2v) is 5.80. The van der Waals surface area contributed by atoms with Gasteiger partial charge in [-0.25, -0.2) is 0 Å². The largest absolute Gasteiger partial charge is 0.352 e. The minimum atomic E-state index is 0.187. The predicted molar refractivity (Wildman–Crippen MR) is 80.2 cm³/mol. The lowest BCUT2D eigenvalue weighted by atomic mass is 9.91. The molecule has 1 saturated heterocycles. The maximum absolute atomic E-state index is 12.0. The molecule has 0 aromatic heterocycles. The first-order chi connectivity index (χ1) is 9.10. The fourth-order valence-corrected chi connectivity index (χ4v) is 2.85. The summed E-state index contributed by atoms with van der Waals surface area (Å²) in [5.41, 5.74) is 0. The first-order valence-corrected chi connectivity index (χ1v) is 7.79. The SMILES string of the molecule is CCC(CC)NC(=O)CN1CCCC(C(C)NC)C1. The molecule has 4 nitrogen and oxygen atoms in total. The Labute approximate surface area is 118 Å². The molecule has 19 heavy (non-hydrogen) atoms. The van der Waals surface area contributed by atoms with E-state index in [1.54, 1.807) is 0 Å². The first-order valence-electron chi connectivity index (χ1n) is 7.79. The summed E-state index contributed by atoms with van der Waals surface area (Å²) in [6, 6.07) is 0.870. The van der Waals surface area contributed by atoms with E-state index in [9.17, 15) is 4.79 Å². The zero-order valence-corrected chi connectivity index (χ0v) is 13.0. The monoisotopic (exact) mass is 269 g/mol. The summed E-state index contributed by atoms with van der Waals surface area (Å²) in [5, 5.41) is 6.46. The highest BCUT2D eigenvalue weighted by Gasteiger charge is 2.25. The van der Waals surface area contributed by atoms with E-state index < -0.39 is 0 Å². The summed E-state index contributed by atoms with van der Waals surface area (Å²) in [7, 11) is 2.02. The molecule has 0 spiro atoms. The number of hydrogen-bond donors (Lipinski definition) is 2. The van der Waals surface area contributed by atoms with Gasteiger partial charge in [-0.2, -0.15) is 0 Å². The van der Waals surface area contributed by atoms with Crippen molar-refractivity contribution < 1.29 is 4.79 Å². The average molecular weight is 269 g/mol. The number of hydrogen-bond acceptors (Lipinski definition) is 3. The van der Waals surface area contributed by atoms with Gasteiger partial charge in [0.15, 0.2) is 0 Å². The van der Waals surface area contributed by atoms with Crippen molar-refractivity contribution in [1.82, 2.24) is 15.5 Å². The van der Waals surface area contributed by atoms with E-state index in [0.29, 0.717) is 24.5 Å². The van der Waals surface area contributed by atoms with Crippen molar-refractivity contribution in [3.05, 3.63) is 0 Å². The van der Waals surface area contributed by atoms with Crippen LogP contribution in [-0.4, -0.2) is 49.6 Å². The molecule has 0 bridgehead atoms. The molecule has 0 radical (unpaired) electrons. The minimum Gasteiger partial charge on any atom is -0.352 e. The van der Waals surface area contributed by atoms with Crippen molar-refractivity contribution in [2.75, 3.05) is 26.7 Å². The van der Waals surface area contributed by atoms with Crippen LogP contribution >= 0.6 is 0 Å². The van der Waals surface area contributed by atoms with Crippen LogP contribution < -0.4 is 10.6 Å². The lowest BCUT2D eigenvalue weighted by molar-refractivity contribution is -0.123. The molecule has 4 heteroatoms. The topological polar surface area (TPSA) is 44.4 Å². The number of carbonyl (C=O) groups excluding carboxylic acids is 1. The van der Waals surface area contributed by atoms with Gasteiger partial charge < -0.3 is 10.6 Å². The molecule has 1 fully saturated rings. The van der Waals surface area contributed by atoms with E-state index in [0.717, 1.165) is 25.9 Å². The molecule has 112 valence electrons. The van der Waals surface area contributed by atoms with Gasteiger partial charge in [-0.15, -0.1) is 0 Å². The Morgan fingerprint density at radius 2 is 2.05 bits per heavy atom. The van der Waals surface area contributed by atoms with E-state index in [1.165, 1.54) is 12.8 Å². The molecule has 2 unspecified atom stereocenters. The van der Waals surface area contributed by atoms with Crippen LogP contribution in [0, 0.1) is 5.92 Å². The highest BCUT2D eigenvalue weighted by atomic mass is 16.2. The van der Waals surface area contributed by atoms with Gasteiger partial charge in [0, 0.05) is 18.6 Å². The van der Waals surface area contributed by atoms with Crippen LogP contribution in [0.4, 0.5) is 0 Å². The molecule has 2 atom stereocenters. The standard InChI is InChI=1S/C15H31N3O/c1-5-14(6-2)17-15(19)11-18-9-7-8-13(10-18)12(3)16-4/h12-14,16H,5-11H2,1-4H3,(H,17,19). The van der Waals surface area contributed by atoms with Crippen molar-refractivity contribution in [3.8, 4) is 0 Å². The van der Waals surface area contributed by atoms with E-state index in [-0.39, 0.29) is 5.91 Å². The summed E-state index contributed by atoms with van der Waals surface area (Å²) in [4.78, 5) is 14.3. The van der Waals surface area contributed by atoms with Gasteiger partial charge in [-0.3, -0.25) is 9.69 Å². The number of carbonyl (C=O) groups is 1. The fraction of sp³-hybridized carbons (Fsp3) is 0.933. The number of nitrogens with zero attached hydrogens (tertiary/aromatic N) is 1. The Hall–Kier alpha value is -0.610. The van der Waals surface area contributed by atoms with Crippen LogP contribution in [-0.2, 0) is 4.79 Å². The van der Waals surface area contributed by atoms with Crippen molar-refractivity contribution in [3.63, 3.8) is 0 Å². The van der Waals surface area contributed by atoms with Crippen LogP contribution in [0.25, 0.3) is 0 Å². The number of likely N-dealkylation sites (tertiary alicyclic amines) is 1. The second-order valence-electron chi connectivity index (χ2n) is 5.80. The van der Waals surface area contributed by atoms with Gasteiger partial charge in [-0.05, 0) is 52.1 Å². The Bertz CT molecular complexity index is 266. The molecule has 0 saturated carbocycles. The van der Waals surface area contributed by atoms with E-state index >= 15 is 0 Å². The van der Waals surface area contributed by atoms with Gasteiger partial charge >= 0.3 is 0 Å². The Balaban J connectivity index is 2.37. The molecule has 1 rings (SSSR count). The molecule has 0 aliphatic carbocycles. The Kier molecular flexibility index (Phi) is 7.39. The van der Waals surface area contributed by atoms with Crippen molar-refractivity contribution in [1.29, 1.82) is 0 Å². The van der Waals surface area contributed by atoms with Crippen LogP contribution in [0.5, 0.6) is 0 Å². The van der Waals surface area contributed by atoms with Crippen LogP contribution in [0.3, 0.4) is 0 Å². The van der Waals surface area contributed by atoms with E-state index in [2.05, 4.69) is 36.3 Å². The lowest BCUT2D eigenvalue weighted by Gasteiger charge is -2.35. The number of piperidine rings is 1. The third-order valence-corrected chi connectivity index (χ3v) is 4.42. The summed E-state index contributed by atoms with van der Waals surface area (Å²) >= 11 is 0. The molecule has 0 aromatic rings. The Morgan fingerprint density at radius 1 is 1.37 bits per heavy atom. The Morgan fingerprint density at radius 3 is 2.63 bits per heavy atom. The fourth-order valence-electron chi connectivity index (χ4n) is 2.85. The highest BCUT2D eigenvalue weighted by molar-refractivity contribution is 5.78. The molecule has 2 N–H and O–H groups in total. The van der Waals surface area contributed by atoms with E-state index in [4.69, 9.17) is 0 Å². The maximum Gasteiger partial charge on any atom is 0.234 e. The predicted octanol–water partition coefficient (Wildman–Crippen LogP) is 1.61. The van der Waals surface area contributed by atoms with Crippen molar-refractivity contribution in [2.45, 2.75) is 58.5 Å². The maximum atomic E-state index is 12.0. The molecular formula is C15H31N3O. The lowest BCUT2D eigenvalue weighted by Crippen LogP contribution is -2.48. The van der Waals surface area contributed by atoms with Gasteiger partial charge in [0.2, 0.25) is 5.91 Å². The number of nitrogens with one attached hydrogen (secondary N) is 2. The normalized spacial score (nSPS) is 22.5. The van der Waals surface area contributed by atoms with Gasteiger partial charge in [0.25, 0.3) is 0 Å². The quantitative estimate of drug-likeness (QED) is 0.738. The van der Waals surface area contributed by atoms with Gasteiger partial charge in [-0.1, -0.05) is 13.8 Å². The first kappa shape index (κ1) is 16.4. The average Bonchev–Trinajstić information content (AvgIpc) is 2.44. The number of rotatable bonds is 7. The van der Waals surface area contributed by atoms with E-state index in [1.807, 2.05) is 7.05 Å². The molecule has 1 aliphatic heterocycles. The minimum absolute atomic E-state index is 0.187. The molecular weight excluding hydrogens is 238 g/mol. The summed E-state index contributed by atoms with van der Waals surface area (Å²) < 4.78 is 0. The van der Waals surface area contributed by atoms with Gasteiger partial charge in [0.05, 0.1) is 6.54 Å². The third-order valence-electron chi connectivity index (χ3n) is 4.42. The molecule has 1 heterocycles. The smallest absolute Gasteiger partial charge is 0.234 e. The summed E-state index contributed by atoms with van der Waals surface area (Å²) in [6.07, 6.45) is 4.50. The highest BCUT2D eigenvalue weighted by Crippen LogP contribution is 2.19. The van der Waals surface area contributed by atoms with Crippen molar-refractivity contribution in [2.24, 2.45) is 5.92 Å². The summed E-state index contributed by atoms with van der Waals surface area (Å²) in [6.45, 7) is 9.14. The summed E-state index contributed by atoms with van der Waals surface area (Å²) in [5.74, 6) is 0.853. The second kappa shape index (κ2) is 8.54. The third kappa shape index (κ3) is 5.49.